The Morgan fingerprint density at radius 2 is 2.11 bits per heavy atom. The fourth-order valence-electron chi connectivity index (χ4n) is 2.09. The van der Waals surface area contributed by atoms with Crippen LogP contribution in [0.25, 0.3) is 10.9 Å². The first-order valence-electron chi connectivity index (χ1n) is 6.49. The molecule has 4 heteroatoms. The summed E-state index contributed by atoms with van der Waals surface area (Å²) in [5.41, 5.74) is 1.65. The number of aromatic nitrogens is 1. The summed E-state index contributed by atoms with van der Waals surface area (Å²) in [6, 6.07) is 7.80. The zero-order valence-corrected chi connectivity index (χ0v) is 11.6. The maximum Gasteiger partial charge on any atom is 0.253 e. The van der Waals surface area contributed by atoms with Crippen LogP contribution in [0.4, 0.5) is 0 Å². The lowest BCUT2D eigenvalue weighted by molar-refractivity contribution is 0.0868. The lowest BCUT2D eigenvalue weighted by atomic mass is 10.0. The Hall–Kier alpha value is -1.81. The molecule has 0 aliphatic carbocycles. The summed E-state index contributed by atoms with van der Waals surface area (Å²) in [5.74, 6) is 0.266. The average Bonchev–Trinajstić information content (AvgIpc) is 2.81. The maximum atomic E-state index is 12.3. The van der Waals surface area contributed by atoms with Crippen LogP contribution in [0.15, 0.2) is 30.5 Å². The van der Waals surface area contributed by atoms with E-state index in [1.165, 1.54) is 0 Å². The van der Waals surface area contributed by atoms with Crippen molar-refractivity contribution in [1.82, 2.24) is 10.3 Å². The molecule has 1 aromatic heterocycles. The highest BCUT2D eigenvalue weighted by Gasteiger charge is 2.18. The molecular formula is C15H20N2O2. The van der Waals surface area contributed by atoms with E-state index in [-0.39, 0.29) is 11.9 Å². The smallest absolute Gasteiger partial charge is 0.253 e. The summed E-state index contributed by atoms with van der Waals surface area (Å²) in [6.45, 7) is 4.66. The minimum Gasteiger partial charge on any atom is -0.383 e. The number of para-hydroxylation sites is 1. The third-order valence-electron chi connectivity index (χ3n) is 3.30. The van der Waals surface area contributed by atoms with Crippen LogP contribution in [0.5, 0.6) is 0 Å². The molecule has 0 bridgehead atoms. The minimum atomic E-state index is -0.0619. The topological polar surface area (TPSA) is 54.1 Å². The van der Waals surface area contributed by atoms with Crippen molar-refractivity contribution < 1.29 is 9.53 Å². The van der Waals surface area contributed by atoms with Gasteiger partial charge in [-0.1, -0.05) is 32.0 Å². The van der Waals surface area contributed by atoms with Gasteiger partial charge in [-0.3, -0.25) is 4.79 Å². The van der Waals surface area contributed by atoms with Crippen LogP contribution < -0.4 is 5.32 Å². The number of ether oxygens (including phenoxy) is 1. The van der Waals surface area contributed by atoms with Crippen LogP contribution in [0.3, 0.4) is 0 Å². The lowest BCUT2D eigenvalue weighted by Gasteiger charge is -2.21. The van der Waals surface area contributed by atoms with Gasteiger partial charge in [-0.05, 0) is 12.0 Å². The van der Waals surface area contributed by atoms with E-state index in [0.717, 1.165) is 10.9 Å². The second kappa shape index (κ2) is 5.89. The van der Waals surface area contributed by atoms with Crippen molar-refractivity contribution in [3.05, 3.63) is 36.0 Å². The van der Waals surface area contributed by atoms with E-state index < -0.39 is 0 Å². The van der Waals surface area contributed by atoms with Gasteiger partial charge in [0, 0.05) is 24.2 Å². The summed E-state index contributed by atoms with van der Waals surface area (Å²) in [4.78, 5) is 15.4. The van der Waals surface area contributed by atoms with E-state index >= 15 is 0 Å². The van der Waals surface area contributed by atoms with E-state index in [9.17, 15) is 4.79 Å². The van der Waals surface area contributed by atoms with Crippen molar-refractivity contribution in [1.29, 1.82) is 0 Å². The number of amides is 1. The molecule has 2 N–H and O–H groups in total. The molecular weight excluding hydrogens is 240 g/mol. The molecule has 1 atom stereocenters. The highest BCUT2D eigenvalue weighted by molar-refractivity contribution is 6.06. The summed E-state index contributed by atoms with van der Waals surface area (Å²) >= 11 is 0. The van der Waals surface area contributed by atoms with Crippen LogP contribution in [0.2, 0.25) is 0 Å². The monoisotopic (exact) mass is 260 g/mol. The number of carbonyl (C=O) groups excluding carboxylic acids is 1. The maximum absolute atomic E-state index is 12.3. The molecule has 2 rings (SSSR count). The van der Waals surface area contributed by atoms with E-state index in [4.69, 9.17) is 4.74 Å². The number of aromatic amines is 1. The highest BCUT2D eigenvalue weighted by atomic mass is 16.5. The Labute approximate surface area is 113 Å². The number of methoxy groups -OCH3 is 1. The normalized spacial score (nSPS) is 12.8. The van der Waals surface area contributed by atoms with Gasteiger partial charge in [0.25, 0.3) is 5.91 Å². The Balaban J connectivity index is 2.19. The second-order valence-corrected chi connectivity index (χ2v) is 5.03. The molecule has 102 valence electrons. The lowest BCUT2D eigenvalue weighted by Crippen LogP contribution is -2.41. The van der Waals surface area contributed by atoms with Crippen LogP contribution >= 0.6 is 0 Å². The van der Waals surface area contributed by atoms with Gasteiger partial charge in [-0.25, -0.2) is 0 Å². The first-order chi connectivity index (χ1) is 9.13. The molecule has 4 nitrogen and oxygen atoms in total. The third kappa shape index (κ3) is 2.96. The third-order valence-corrected chi connectivity index (χ3v) is 3.30. The zero-order chi connectivity index (χ0) is 13.8. The molecule has 1 heterocycles. The summed E-state index contributed by atoms with van der Waals surface area (Å²) in [5, 5.41) is 3.97. The number of nitrogens with one attached hydrogen (secondary N) is 2. The van der Waals surface area contributed by atoms with Crippen LogP contribution in [-0.4, -0.2) is 30.6 Å². The average molecular weight is 260 g/mol. The quantitative estimate of drug-likeness (QED) is 0.868. The van der Waals surface area contributed by atoms with E-state index in [1.807, 2.05) is 24.3 Å². The fraction of sp³-hybridized carbons (Fsp3) is 0.400. The van der Waals surface area contributed by atoms with Gasteiger partial charge in [-0.15, -0.1) is 0 Å². The Morgan fingerprint density at radius 3 is 2.79 bits per heavy atom. The second-order valence-electron chi connectivity index (χ2n) is 5.03. The predicted octanol–water partition coefficient (Wildman–Crippen LogP) is 2.57. The minimum absolute atomic E-state index is 0.0196. The number of hydrogen-bond acceptors (Lipinski definition) is 2. The summed E-state index contributed by atoms with van der Waals surface area (Å²) in [7, 11) is 1.65. The number of rotatable bonds is 5. The number of fused-ring (bicyclic) bond motifs is 1. The Morgan fingerprint density at radius 1 is 1.37 bits per heavy atom. The molecule has 19 heavy (non-hydrogen) atoms. The Kier molecular flexibility index (Phi) is 4.22. The number of hydrogen-bond donors (Lipinski definition) is 2. The molecule has 0 aliphatic rings. The Bertz CT molecular complexity index is 560. The zero-order valence-electron chi connectivity index (χ0n) is 11.6. The van der Waals surface area contributed by atoms with Crippen molar-refractivity contribution >= 4 is 16.8 Å². The highest BCUT2D eigenvalue weighted by Crippen LogP contribution is 2.18. The van der Waals surface area contributed by atoms with Crippen molar-refractivity contribution in [3.8, 4) is 0 Å². The fourth-order valence-corrected chi connectivity index (χ4v) is 2.09. The first kappa shape index (κ1) is 13.6. The van der Waals surface area contributed by atoms with Gasteiger partial charge in [0.2, 0.25) is 0 Å². The van der Waals surface area contributed by atoms with E-state index in [1.54, 1.807) is 13.3 Å². The van der Waals surface area contributed by atoms with Crippen LogP contribution in [0, 0.1) is 5.92 Å². The van der Waals surface area contributed by atoms with Crippen molar-refractivity contribution in [2.75, 3.05) is 13.7 Å². The van der Waals surface area contributed by atoms with Gasteiger partial charge in [0.05, 0.1) is 18.2 Å². The number of benzene rings is 1. The number of carbonyl (C=O) groups is 1. The molecule has 0 fully saturated rings. The SMILES string of the molecule is COCC(NC(=O)c1c[nH]c2ccccc12)C(C)C. The summed E-state index contributed by atoms with van der Waals surface area (Å²) < 4.78 is 5.15. The van der Waals surface area contributed by atoms with Crippen LogP contribution in [-0.2, 0) is 4.74 Å². The van der Waals surface area contributed by atoms with Crippen LogP contribution in [0.1, 0.15) is 24.2 Å². The van der Waals surface area contributed by atoms with Gasteiger partial charge in [0.15, 0.2) is 0 Å². The molecule has 2 aromatic rings. The number of H-pyrrole nitrogens is 1. The van der Waals surface area contributed by atoms with Crippen molar-refractivity contribution in [3.63, 3.8) is 0 Å². The van der Waals surface area contributed by atoms with Gasteiger partial charge >= 0.3 is 0 Å². The molecule has 1 amide bonds. The molecule has 0 aliphatic heterocycles. The summed E-state index contributed by atoms with van der Waals surface area (Å²) in [6.07, 6.45) is 1.75. The van der Waals surface area contributed by atoms with E-state index in [2.05, 4.69) is 24.1 Å². The van der Waals surface area contributed by atoms with Crippen molar-refractivity contribution in [2.24, 2.45) is 5.92 Å². The molecule has 0 saturated carbocycles. The molecule has 0 spiro atoms. The molecule has 0 saturated heterocycles. The standard InChI is InChI=1S/C15H20N2O2/c1-10(2)14(9-19-3)17-15(18)12-8-16-13-7-5-4-6-11(12)13/h4-8,10,14,16H,9H2,1-3H3,(H,17,18). The molecule has 1 unspecified atom stereocenters. The molecule has 1 aromatic carbocycles. The first-order valence-corrected chi connectivity index (χ1v) is 6.49. The largest absolute Gasteiger partial charge is 0.383 e. The predicted molar refractivity (Wildman–Crippen MR) is 76.3 cm³/mol. The van der Waals surface area contributed by atoms with Crippen molar-refractivity contribution in [2.45, 2.75) is 19.9 Å². The van der Waals surface area contributed by atoms with Gasteiger partial charge in [0.1, 0.15) is 0 Å². The van der Waals surface area contributed by atoms with E-state index in [0.29, 0.717) is 18.1 Å². The molecule has 0 radical (unpaired) electrons. The van der Waals surface area contributed by atoms with Gasteiger partial charge in [-0.2, -0.15) is 0 Å². The van der Waals surface area contributed by atoms with Gasteiger partial charge < -0.3 is 15.0 Å².